The molecule has 6 rings (SSSR count). The summed E-state index contributed by atoms with van der Waals surface area (Å²) in [5.41, 5.74) is 11.0. The Morgan fingerprint density at radius 1 is 0.825 bits per heavy atom. The molecule has 2 saturated heterocycles. The standard InChI is InChI=1S/C30H32N4O2.H3NO2S/c31-28-25(34-17-13-21(14-18-34)33-15-7-2-8-16-33)19-24(32-20-9-3-1-4-10-20)26-27(28)30(36)23-12-6-5-11-22(23)29(26)35;1-4(2)3/h1,3-6,9-12,19,21,32H,2,7-8,13-18,31H2;1H2,(H,2,3)/p-1. The van der Waals surface area contributed by atoms with Gasteiger partial charge in [0.05, 0.1) is 28.2 Å². The number of hydrogen-bond acceptors (Lipinski definition) is 8. The third kappa shape index (κ3) is 5.80. The number of carbonyl (C=O) groups excluding carboxylic acids is 2. The second kappa shape index (κ2) is 12.3. The van der Waals surface area contributed by atoms with Gasteiger partial charge < -0.3 is 25.4 Å². The lowest BCUT2D eigenvalue weighted by atomic mass is 9.81. The Bertz CT molecular complexity index is 1410. The number of para-hydroxylation sites is 1. The predicted molar refractivity (Wildman–Crippen MR) is 158 cm³/mol. The van der Waals surface area contributed by atoms with Gasteiger partial charge in [0, 0.05) is 47.2 Å². The van der Waals surface area contributed by atoms with E-state index < -0.39 is 11.3 Å². The molecule has 0 aromatic heterocycles. The van der Waals surface area contributed by atoms with Crippen molar-refractivity contribution in [2.75, 3.05) is 42.1 Å². The first-order valence-corrected chi connectivity index (χ1v) is 14.8. The fraction of sp³-hybridized carbons (Fsp3) is 0.333. The minimum absolute atomic E-state index is 0.166. The van der Waals surface area contributed by atoms with Crippen LogP contribution in [0.2, 0.25) is 0 Å². The molecule has 0 saturated carbocycles. The highest BCUT2D eigenvalue weighted by Gasteiger charge is 2.36. The molecule has 40 heavy (non-hydrogen) atoms. The van der Waals surface area contributed by atoms with Crippen LogP contribution in [0.15, 0.2) is 60.7 Å². The number of ketones is 2. The van der Waals surface area contributed by atoms with E-state index in [0.29, 0.717) is 39.7 Å². The summed E-state index contributed by atoms with van der Waals surface area (Å²) in [6.07, 6.45) is 6.09. The second-order valence-corrected chi connectivity index (χ2v) is 10.9. The van der Waals surface area contributed by atoms with Gasteiger partial charge in [-0.3, -0.25) is 18.9 Å². The fourth-order valence-electron chi connectivity index (χ4n) is 6.10. The van der Waals surface area contributed by atoms with Crippen LogP contribution in [0.3, 0.4) is 0 Å². The molecule has 2 heterocycles. The molecule has 5 N–H and O–H groups in total. The molecular formula is C30H34N5O4S-. The van der Waals surface area contributed by atoms with Crippen LogP contribution in [0, 0.1) is 0 Å². The summed E-state index contributed by atoms with van der Waals surface area (Å²) >= 11 is -2.36. The summed E-state index contributed by atoms with van der Waals surface area (Å²) in [4.78, 5) is 32.3. The van der Waals surface area contributed by atoms with Crippen LogP contribution >= 0.6 is 0 Å². The van der Waals surface area contributed by atoms with Crippen molar-refractivity contribution < 1.29 is 18.4 Å². The molecule has 0 spiro atoms. The Labute approximate surface area is 236 Å². The summed E-state index contributed by atoms with van der Waals surface area (Å²) in [6.45, 7) is 4.17. The van der Waals surface area contributed by atoms with E-state index in [1.54, 1.807) is 24.3 Å². The van der Waals surface area contributed by atoms with Crippen molar-refractivity contribution in [3.8, 4) is 0 Å². The Kier molecular flexibility index (Phi) is 8.60. The molecule has 1 aliphatic carbocycles. The van der Waals surface area contributed by atoms with Gasteiger partial charge in [-0.05, 0) is 57.0 Å². The first-order valence-electron chi connectivity index (χ1n) is 13.6. The molecule has 9 nitrogen and oxygen atoms in total. The van der Waals surface area contributed by atoms with Crippen LogP contribution in [-0.2, 0) is 11.3 Å². The topological polar surface area (TPSA) is 145 Å². The third-order valence-electron chi connectivity index (χ3n) is 7.98. The number of nitrogens with zero attached hydrogens (tertiary/aromatic N) is 2. The summed E-state index contributed by atoms with van der Waals surface area (Å²) < 4.78 is 17.6. The van der Waals surface area contributed by atoms with Gasteiger partial charge in [0.15, 0.2) is 11.6 Å². The molecule has 0 radical (unpaired) electrons. The van der Waals surface area contributed by atoms with Gasteiger partial charge >= 0.3 is 0 Å². The summed E-state index contributed by atoms with van der Waals surface area (Å²) in [5, 5.41) is 7.45. The summed E-state index contributed by atoms with van der Waals surface area (Å²) in [5.74, 6) is -0.348. The Morgan fingerprint density at radius 3 is 1.98 bits per heavy atom. The minimum atomic E-state index is -2.36. The van der Waals surface area contributed by atoms with Gasteiger partial charge in [0.1, 0.15) is 0 Å². The summed E-state index contributed by atoms with van der Waals surface area (Å²) in [7, 11) is 0. The smallest absolute Gasteiger partial charge is 0.196 e. The van der Waals surface area contributed by atoms with Crippen molar-refractivity contribution in [1.82, 2.24) is 4.90 Å². The first-order chi connectivity index (χ1) is 19.3. The van der Waals surface area contributed by atoms with Crippen LogP contribution < -0.4 is 21.1 Å². The molecule has 210 valence electrons. The summed E-state index contributed by atoms with van der Waals surface area (Å²) in [6, 6.07) is 19.4. The number of hydrogen-bond donors (Lipinski definition) is 3. The number of benzene rings is 3. The van der Waals surface area contributed by atoms with Gasteiger partial charge in [-0.1, -0.05) is 48.9 Å². The molecule has 1 unspecified atom stereocenters. The molecule has 3 aliphatic rings. The Hall–Kier alpha value is -3.57. The number of nitrogens with one attached hydrogen (secondary N) is 1. The number of piperidine rings is 2. The lowest BCUT2D eigenvalue weighted by Crippen LogP contribution is -2.47. The monoisotopic (exact) mass is 560 g/mol. The zero-order valence-corrected chi connectivity index (χ0v) is 23.1. The minimum Gasteiger partial charge on any atom is -0.760 e. The molecule has 2 aliphatic heterocycles. The highest BCUT2D eigenvalue weighted by atomic mass is 32.2. The molecule has 0 bridgehead atoms. The number of carbonyl (C=O) groups is 2. The van der Waals surface area contributed by atoms with Gasteiger partial charge in [-0.2, -0.15) is 0 Å². The normalized spacial score (nSPS) is 18.3. The van der Waals surface area contributed by atoms with Gasteiger partial charge in [0.25, 0.3) is 0 Å². The number of nitrogens with two attached hydrogens (primary N) is 2. The fourth-order valence-corrected chi connectivity index (χ4v) is 6.10. The van der Waals surface area contributed by atoms with E-state index in [0.717, 1.165) is 37.3 Å². The first kappa shape index (κ1) is 28.0. The molecule has 0 amide bonds. The second-order valence-electron chi connectivity index (χ2n) is 10.4. The third-order valence-corrected chi connectivity index (χ3v) is 7.98. The van der Waals surface area contributed by atoms with Crippen molar-refractivity contribution in [2.24, 2.45) is 5.14 Å². The average Bonchev–Trinajstić information content (AvgIpc) is 2.97. The molecular weight excluding hydrogens is 526 g/mol. The number of rotatable bonds is 4. The van der Waals surface area contributed by atoms with E-state index in [4.69, 9.17) is 14.5 Å². The van der Waals surface area contributed by atoms with Gasteiger partial charge in [0.2, 0.25) is 0 Å². The molecule has 3 aromatic rings. The molecule has 1 atom stereocenters. The van der Waals surface area contributed by atoms with Crippen molar-refractivity contribution >= 4 is 45.6 Å². The number of nitrogen functional groups attached to an aromatic ring is 1. The van der Waals surface area contributed by atoms with Crippen LogP contribution in [0.25, 0.3) is 0 Å². The van der Waals surface area contributed by atoms with Crippen molar-refractivity contribution in [3.63, 3.8) is 0 Å². The van der Waals surface area contributed by atoms with Gasteiger partial charge in [-0.25, -0.2) is 0 Å². The highest BCUT2D eigenvalue weighted by molar-refractivity contribution is 7.76. The van der Waals surface area contributed by atoms with Crippen molar-refractivity contribution in [2.45, 2.75) is 38.1 Å². The maximum absolute atomic E-state index is 13.7. The molecule has 10 heteroatoms. The Morgan fingerprint density at radius 2 is 1.38 bits per heavy atom. The van der Waals surface area contributed by atoms with E-state index >= 15 is 0 Å². The maximum atomic E-state index is 13.7. The van der Waals surface area contributed by atoms with Crippen molar-refractivity contribution in [3.05, 3.63) is 82.9 Å². The van der Waals surface area contributed by atoms with Crippen LogP contribution in [0.5, 0.6) is 0 Å². The molecule has 2 fully saturated rings. The van der Waals surface area contributed by atoms with Crippen LogP contribution in [0.1, 0.15) is 63.9 Å². The predicted octanol–water partition coefficient (Wildman–Crippen LogP) is 3.98. The Balaban J connectivity index is 0.000000758. The van der Waals surface area contributed by atoms with E-state index in [9.17, 15) is 9.59 Å². The quantitative estimate of drug-likeness (QED) is 0.251. The largest absolute Gasteiger partial charge is 0.760 e. The van der Waals surface area contributed by atoms with E-state index in [1.807, 2.05) is 36.4 Å². The van der Waals surface area contributed by atoms with Gasteiger partial charge in [-0.15, -0.1) is 0 Å². The van der Waals surface area contributed by atoms with Crippen molar-refractivity contribution in [1.29, 1.82) is 0 Å². The lowest BCUT2D eigenvalue weighted by molar-refractivity contribution is 0.0980. The highest BCUT2D eigenvalue weighted by Crippen LogP contribution is 2.42. The van der Waals surface area contributed by atoms with E-state index in [1.165, 1.54) is 32.4 Å². The zero-order valence-electron chi connectivity index (χ0n) is 22.3. The number of anilines is 4. The maximum Gasteiger partial charge on any atom is 0.196 e. The van der Waals surface area contributed by atoms with Crippen LogP contribution in [0.4, 0.5) is 22.7 Å². The number of likely N-dealkylation sites (tertiary alicyclic amines) is 1. The lowest BCUT2D eigenvalue weighted by Gasteiger charge is -2.41. The number of fused-ring (bicyclic) bond motifs is 2. The SMILES string of the molecule is NS(=O)[O-].Nc1c(N2CCC(N3CCCCC3)CC2)cc(Nc2ccccc2)c2c1C(=O)c1ccccc1C2=O. The van der Waals surface area contributed by atoms with E-state index in [2.05, 4.69) is 20.3 Å². The van der Waals surface area contributed by atoms with E-state index in [-0.39, 0.29) is 11.6 Å². The van der Waals surface area contributed by atoms with Crippen LogP contribution in [-0.4, -0.2) is 57.4 Å². The zero-order chi connectivity index (χ0) is 28.2. The molecule has 3 aromatic carbocycles. The average molecular weight is 561 g/mol.